The van der Waals surface area contributed by atoms with Crippen LogP contribution in [0.15, 0.2) is 60.0 Å². The molecule has 0 saturated carbocycles. The van der Waals surface area contributed by atoms with Gasteiger partial charge in [-0.3, -0.25) is 0 Å². The molecule has 36 heavy (non-hydrogen) atoms. The molecule has 1 atom stereocenters. The first-order valence-corrected chi connectivity index (χ1v) is 13.5. The molecule has 2 heterocycles. The Hall–Kier alpha value is -2.72. The summed E-state index contributed by atoms with van der Waals surface area (Å²) in [6.07, 6.45) is 4.35. The van der Waals surface area contributed by atoms with E-state index in [9.17, 15) is 0 Å². The van der Waals surface area contributed by atoms with Gasteiger partial charge < -0.3 is 19.5 Å². The number of aromatic nitrogens is 4. The van der Waals surface area contributed by atoms with Gasteiger partial charge in [0.25, 0.3) is 0 Å². The van der Waals surface area contributed by atoms with Crippen LogP contribution in [0.4, 0.5) is 0 Å². The predicted octanol–water partition coefficient (Wildman–Crippen LogP) is 3.63. The smallest absolute Gasteiger partial charge is 0.204 e. The number of benzene rings is 2. The van der Waals surface area contributed by atoms with Gasteiger partial charge in [-0.2, -0.15) is 4.80 Å². The minimum atomic E-state index is 0.519. The largest absolute Gasteiger partial charge is 0.497 e. The van der Waals surface area contributed by atoms with Gasteiger partial charge in [0.2, 0.25) is 5.82 Å². The third kappa shape index (κ3) is 8.74. The summed E-state index contributed by atoms with van der Waals surface area (Å²) in [4.78, 5) is 1.58. The van der Waals surface area contributed by atoms with Crippen LogP contribution in [0.3, 0.4) is 0 Å². The van der Waals surface area contributed by atoms with Gasteiger partial charge in [0.15, 0.2) is 0 Å². The molecule has 0 radical (unpaired) electrons. The summed E-state index contributed by atoms with van der Waals surface area (Å²) in [5.74, 6) is 3.34. The van der Waals surface area contributed by atoms with Crippen LogP contribution >= 0.6 is 11.8 Å². The number of methoxy groups -OCH3 is 1. The van der Waals surface area contributed by atoms with Crippen molar-refractivity contribution in [3.63, 3.8) is 0 Å². The van der Waals surface area contributed by atoms with Crippen molar-refractivity contribution in [3.8, 4) is 17.1 Å². The van der Waals surface area contributed by atoms with E-state index in [2.05, 4.69) is 68.6 Å². The first kappa shape index (κ1) is 26.3. The van der Waals surface area contributed by atoms with Crippen LogP contribution < -0.4 is 10.1 Å². The fraction of sp³-hybridized carbons (Fsp3) is 0.444. The third-order valence-corrected chi connectivity index (χ3v) is 6.87. The number of hydrogen-bond acceptors (Lipinski definition) is 8. The lowest BCUT2D eigenvalue weighted by Gasteiger charge is -2.07. The summed E-state index contributed by atoms with van der Waals surface area (Å²) < 4.78 is 16.4. The Labute approximate surface area is 217 Å². The Kier molecular flexibility index (Phi) is 10.8. The number of rotatable bonds is 16. The molecule has 1 aromatic heterocycles. The molecule has 1 aliphatic rings. The summed E-state index contributed by atoms with van der Waals surface area (Å²) >= 11 is 1.89. The highest BCUT2D eigenvalue weighted by Crippen LogP contribution is 2.24. The van der Waals surface area contributed by atoms with Gasteiger partial charge in [0, 0.05) is 17.9 Å². The number of nitrogens with zero attached hydrogens (tertiary/aromatic N) is 4. The van der Waals surface area contributed by atoms with Gasteiger partial charge in [-0.25, -0.2) is 0 Å². The average molecular weight is 510 g/mol. The molecule has 0 bridgehead atoms. The molecule has 1 aliphatic heterocycles. The normalized spacial score (nSPS) is 15.0. The molecule has 8 nitrogen and oxygen atoms in total. The van der Waals surface area contributed by atoms with E-state index in [1.807, 2.05) is 23.9 Å². The van der Waals surface area contributed by atoms with Crippen molar-refractivity contribution in [3.05, 3.63) is 71.1 Å². The molecular weight excluding hydrogens is 474 g/mol. The quantitative estimate of drug-likeness (QED) is 0.293. The van der Waals surface area contributed by atoms with Crippen molar-refractivity contribution in [1.29, 1.82) is 0 Å². The van der Waals surface area contributed by atoms with E-state index in [0.29, 0.717) is 44.7 Å². The molecule has 1 unspecified atom stereocenters. The van der Waals surface area contributed by atoms with Gasteiger partial charge in [0.1, 0.15) is 5.75 Å². The van der Waals surface area contributed by atoms with Crippen LogP contribution in [0.1, 0.15) is 11.1 Å². The lowest BCUT2D eigenvalue weighted by Crippen LogP contribution is -2.23. The van der Waals surface area contributed by atoms with Crippen LogP contribution in [0.5, 0.6) is 5.75 Å². The van der Waals surface area contributed by atoms with Crippen molar-refractivity contribution in [2.75, 3.05) is 52.4 Å². The molecule has 9 heteroatoms. The van der Waals surface area contributed by atoms with Crippen LogP contribution in [-0.4, -0.2) is 72.6 Å². The van der Waals surface area contributed by atoms with Gasteiger partial charge in [-0.1, -0.05) is 42.5 Å². The number of allylic oxidation sites excluding steroid dienone is 1. The lowest BCUT2D eigenvalue weighted by atomic mass is 10.0. The van der Waals surface area contributed by atoms with Crippen molar-refractivity contribution in [2.24, 2.45) is 5.92 Å². The first-order valence-electron chi connectivity index (χ1n) is 12.4. The lowest BCUT2D eigenvalue weighted by molar-refractivity contribution is 0.0439. The number of tetrazole rings is 1. The van der Waals surface area contributed by atoms with E-state index in [4.69, 9.17) is 14.2 Å². The zero-order valence-corrected chi connectivity index (χ0v) is 21.7. The fourth-order valence-corrected chi connectivity index (χ4v) is 4.76. The monoisotopic (exact) mass is 509 g/mol. The molecule has 0 aliphatic carbocycles. The molecule has 0 spiro atoms. The van der Waals surface area contributed by atoms with Crippen LogP contribution in [-0.2, 0) is 28.9 Å². The van der Waals surface area contributed by atoms with Crippen LogP contribution in [0, 0.1) is 5.92 Å². The Morgan fingerprint density at radius 2 is 1.72 bits per heavy atom. The van der Waals surface area contributed by atoms with Gasteiger partial charge in [-0.15, -0.1) is 22.0 Å². The number of hydrogen-bond donors (Lipinski definition) is 1. The summed E-state index contributed by atoms with van der Waals surface area (Å²) in [7, 11) is 1.68. The second kappa shape index (κ2) is 14.7. The Morgan fingerprint density at radius 3 is 2.47 bits per heavy atom. The topological polar surface area (TPSA) is 83.3 Å². The molecule has 2 aromatic carbocycles. The van der Waals surface area contributed by atoms with E-state index in [0.717, 1.165) is 37.2 Å². The van der Waals surface area contributed by atoms with Crippen molar-refractivity contribution in [2.45, 2.75) is 19.4 Å². The highest BCUT2D eigenvalue weighted by atomic mass is 32.2. The summed E-state index contributed by atoms with van der Waals surface area (Å²) in [6, 6.07) is 16.6. The number of thioether (sulfide) groups is 1. The van der Waals surface area contributed by atoms with Crippen molar-refractivity contribution >= 4 is 11.8 Å². The first-order chi connectivity index (χ1) is 17.8. The second-order valence-corrected chi connectivity index (χ2v) is 9.54. The van der Waals surface area contributed by atoms with E-state index in [1.165, 1.54) is 16.9 Å². The van der Waals surface area contributed by atoms with Gasteiger partial charge in [-0.05, 0) is 59.2 Å². The average Bonchev–Trinajstić information content (AvgIpc) is 3.61. The third-order valence-electron chi connectivity index (χ3n) is 5.90. The SMILES string of the molecule is COc1ccc(CCNCCOCCOCCn2nnc(-c3ccc(CC4C=CSC4)cc3)n2)cc1. The highest BCUT2D eigenvalue weighted by Gasteiger charge is 2.11. The molecule has 4 rings (SSSR count). The minimum absolute atomic E-state index is 0.519. The second-order valence-electron chi connectivity index (χ2n) is 8.60. The zero-order valence-electron chi connectivity index (χ0n) is 20.8. The maximum absolute atomic E-state index is 5.64. The summed E-state index contributed by atoms with van der Waals surface area (Å²) in [5, 5.41) is 18.4. The molecule has 3 aromatic rings. The molecule has 0 saturated heterocycles. The Balaban J connectivity index is 1.01. The number of ether oxygens (including phenoxy) is 3. The van der Waals surface area contributed by atoms with E-state index in [1.54, 1.807) is 11.9 Å². The maximum atomic E-state index is 5.64. The van der Waals surface area contributed by atoms with E-state index < -0.39 is 0 Å². The van der Waals surface area contributed by atoms with E-state index >= 15 is 0 Å². The molecule has 1 N–H and O–H groups in total. The molecule has 0 amide bonds. The van der Waals surface area contributed by atoms with E-state index in [-0.39, 0.29) is 0 Å². The van der Waals surface area contributed by atoms with Gasteiger partial charge in [0.05, 0.1) is 40.1 Å². The van der Waals surface area contributed by atoms with Crippen LogP contribution in [0.25, 0.3) is 11.4 Å². The summed E-state index contributed by atoms with van der Waals surface area (Å²) in [6.45, 7) is 4.59. The molecular formula is C27H35N5O3S. The standard InChI is InChI=1S/C27H35N5O3S/c1-33-26-8-4-22(5-9-26)10-12-28-13-15-34-17-18-35-16-14-32-30-27(29-31-32)25-6-2-23(3-7-25)20-24-11-19-36-21-24/h2-9,11,19,24,28H,10,12-18,20-21H2,1H3. The zero-order chi connectivity index (χ0) is 24.8. The highest BCUT2D eigenvalue weighted by molar-refractivity contribution is 8.02. The maximum Gasteiger partial charge on any atom is 0.204 e. The Morgan fingerprint density at radius 1 is 0.944 bits per heavy atom. The van der Waals surface area contributed by atoms with Gasteiger partial charge >= 0.3 is 0 Å². The minimum Gasteiger partial charge on any atom is -0.497 e. The predicted molar refractivity (Wildman–Crippen MR) is 143 cm³/mol. The van der Waals surface area contributed by atoms with Crippen molar-refractivity contribution in [1.82, 2.24) is 25.5 Å². The molecule has 0 fully saturated rings. The van der Waals surface area contributed by atoms with Crippen LogP contribution in [0.2, 0.25) is 0 Å². The van der Waals surface area contributed by atoms with Crippen molar-refractivity contribution < 1.29 is 14.2 Å². The number of nitrogens with one attached hydrogen (secondary N) is 1. The Bertz CT molecular complexity index is 1060. The molecule has 192 valence electrons. The fourth-order valence-electron chi connectivity index (χ4n) is 3.84. The summed E-state index contributed by atoms with van der Waals surface area (Å²) in [5.41, 5.74) is 3.60.